The third kappa shape index (κ3) is 4.18. The number of halogens is 3. The number of rotatable bonds is 6. The van der Waals surface area contributed by atoms with Crippen LogP contribution in [0.25, 0.3) is 0 Å². The van der Waals surface area contributed by atoms with Crippen molar-refractivity contribution in [3.8, 4) is 6.07 Å². The third-order valence-electron chi connectivity index (χ3n) is 6.91. The van der Waals surface area contributed by atoms with Crippen molar-refractivity contribution < 1.29 is 28.2 Å². The summed E-state index contributed by atoms with van der Waals surface area (Å²) in [7, 11) is 0. The van der Waals surface area contributed by atoms with Gasteiger partial charge in [-0.15, -0.1) is 0 Å². The average molecular weight is 492 g/mol. The molecule has 10 heteroatoms. The molecular weight excluding hydrogens is 467 g/mol. The Morgan fingerprint density at radius 1 is 1.26 bits per heavy atom. The first-order chi connectivity index (χ1) is 16.1. The maximum Gasteiger partial charge on any atom is 0.414 e. The van der Waals surface area contributed by atoms with Crippen molar-refractivity contribution in [1.29, 1.82) is 5.26 Å². The van der Waals surface area contributed by atoms with Gasteiger partial charge in [-0.2, -0.15) is 18.4 Å². The second-order valence-electron chi connectivity index (χ2n) is 8.90. The van der Waals surface area contributed by atoms with E-state index in [0.717, 1.165) is 23.7 Å². The zero-order valence-corrected chi connectivity index (χ0v) is 19.1. The van der Waals surface area contributed by atoms with Gasteiger partial charge < -0.3 is 20.0 Å². The van der Waals surface area contributed by atoms with Gasteiger partial charge in [0, 0.05) is 18.5 Å². The Morgan fingerprint density at radius 3 is 2.47 bits per heavy atom. The van der Waals surface area contributed by atoms with Crippen molar-refractivity contribution in [2.75, 3.05) is 4.90 Å². The molecule has 2 atom stereocenters. The molecule has 0 bridgehead atoms. The number of alkyl halides is 3. The zero-order valence-electron chi connectivity index (χ0n) is 18.3. The molecule has 0 amide bonds. The maximum atomic E-state index is 13.6. The Kier molecular flexibility index (Phi) is 6.44. The van der Waals surface area contributed by atoms with Crippen LogP contribution < -0.4 is 4.90 Å². The Morgan fingerprint density at radius 2 is 1.94 bits per heavy atom. The second kappa shape index (κ2) is 9.04. The number of carbonyl (C=O) groups is 1. The van der Waals surface area contributed by atoms with Gasteiger partial charge in [0.1, 0.15) is 0 Å². The summed E-state index contributed by atoms with van der Waals surface area (Å²) in [6.07, 6.45) is -0.172. The van der Waals surface area contributed by atoms with E-state index in [-0.39, 0.29) is 11.5 Å². The second-order valence-corrected chi connectivity index (χ2v) is 9.27. The lowest BCUT2D eigenvalue weighted by Crippen LogP contribution is -2.57. The van der Waals surface area contributed by atoms with Gasteiger partial charge in [-0.05, 0) is 68.1 Å². The molecule has 1 aliphatic heterocycles. The topological polar surface area (TPSA) is 87.8 Å². The first-order valence-electron chi connectivity index (χ1n) is 11.1. The van der Waals surface area contributed by atoms with Gasteiger partial charge in [0.25, 0.3) is 0 Å². The van der Waals surface area contributed by atoms with Crippen LogP contribution in [0.5, 0.6) is 0 Å². The molecule has 3 aliphatic rings. The molecule has 2 fully saturated rings. The zero-order chi connectivity index (χ0) is 24.7. The number of carboxylic acids is 1. The van der Waals surface area contributed by atoms with E-state index in [0.29, 0.717) is 25.7 Å². The smallest absolute Gasteiger partial charge is 0.414 e. The molecule has 2 N–H and O–H groups in total. The molecule has 180 valence electrons. The molecule has 34 heavy (non-hydrogen) atoms. The monoisotopic (exact) mass is 491 g/mol. The lowest BCUT2D eigenvalue weighted by Gasteiger charge is -2.47. The maximum absolute atomic E-state index is 13.6. The summed E-state index contributed by atoms with van der Waals surface area (Å²) >= 11 is 5.70. The highest BCUT2D eigenvalue weighted by Crippen LogP contribution is 2.50. The van der Waals surface area contributed by atoms with Crippen LogP contribution in [0.3, 0.4) is 0 Å². The number of aryl methyl sites for hydroxylation is 1. The van der Waals surface area contributed by atoms with E-state index in [9.17, 15) is 23.1 Å². The van der Waals surface area contributed by atoms with E-state index in [4.69, 9.17) is 22.6 Å². The predicted molar refractivity (Wildman–Crippen MR) is 123 cm³/mol. The van der Waals surface area contributed by atoms with E-state index in [1.807, 2.05) is 29.2 Å². The van der Waals surface area contributed by atoms with Crippen molar-refractivity contribution in [3.63, 3.8) is 0 Å². The highest BCUT2D eigenvalue weighted by molar-refractivity contribution is 7.80. The number of aliphatic hydroxyl groups is 1. The van der Waals surface area contributed by atoms with Crippen LogP contribution >= 0.6 is 12.2 Å². The summed E-state index contributed by atoms with van der Waals surface area (Å²) < 4.78 is 40.7. The quantitative estimate of drug-likeness (QED) is 0.569. The van der Waals surface area contributed by atoms with Gasteiger partial charge in [0.05, 0.1) is 28.8 Å². The van der Waals surface area contributed by atoms with Crippen LogP contribution in [0.1, 0.15) is 44.1 Å². The number of aliphatic carboxylic acids is 1. The van der Waals surface area contributed by atoms with Gasteiger partial charge in [0.15, 0.2) is 11.3 Å². The number of nitriles is 1. The van der Waals surface area contributed by atoms with Gasteiger partial charge in [-0.3, -0.25) is 4.79 Å². The Labute approximate surface area is 200 Å². The van der Waals surface area contributed by atoms with E-state index in [1.165, 1.54) is 11.0 Å². The molecule has 1 heterocycles. The van der Waals surface area contributed by atoms with Crippen LogP contribution in [0.4, 0.5) is 18.9 Å². The lowest BCUT2D eigenvalue weighted by atomic mass is 9.74. The van der Waals surface area contributed by atoms with Crippen molar-refractivity contribution in [2.24, 2.45) is 0 Å². The Balaban J connectivity index is 1.59. The molecule has 0 radical (unpaired) electrons. The number of nitrogens with zero attached hydrogens (tertiary/aromatic N) is 3. The van der Waals surface area contributed by atoms with E-state index in [2.05, 4.69) is 0 Å². The number of carboxylic acid groups (broad SMARTS) is 1. The van der Waals surface area contributed by atoms with Crippen LogP contribution in [0.2, 0.25) is 0 Å². The van der Waals surface area contributed by atoms with E-state index >= 15 is 0 Å². The third-order valence-corrected chi connectivity index (χ3v) is 7.31. The van der Waals surface area contributed by atoms with Crippen molar-refractivity contribution in [2.45, 2.75) is 68.9 Å². The van der Waals surface area contributed by atoms with Crippen LogP contribution in [-0.2, 0) is 11.2 Å². The number of allylic oxidation sites excluding steroid dienone is 2. The molecule has 1 saturated carbocycles. The average Bonchev–Trinajstić information content (AvgIpc) is 3.00. The minimum atomic E-state index is -4.65. The number of anilines is 1. The molecule has 1 spiro atoms. The number of hydrogen-bond donors (Lipinski definition) is 2. The molecule has 2 aliphatic carbocycles. The minimum Gasteiger partial charge on any atom is -0.481 e. The molecular formula is C24H24F3N3O3S. The summed E-state index contributed by atoms with van der Waals surface area (Å²) in [5, 5.41) is 29.5. The number of benzene rings is 1. The van der Waals surface area contributed by atoms with Gasteiger partial charge in [0.2, 0.25) is 0 Å². The fraction of sp³-hybridized carbons (Fsp3) is 0.458. The minimum absolute atomic E-state index is 0.0823. The van der Waals surface area contributed by atoms with Crippen molar-refractivity contribution in [1.82, 2.24) is 4.90 Å². The first-order valence-corrected chi connectivity index (χ1v) is 11.5. The molecule has 1 aromatic rings. The SMILES string of the molecule is N#CC1=C(C(F)(F)F)CC(N2C(=S)N(c3ccc(CCCC(=O)O)cc3)C3(CCC3)C2O)C=C1. The van der Waals surface area contributed by atoms with E-state index in [1.54, 1.807) is 6.07 Å². The first kappa shape index (κ1) is 24.2. The van der Waals surface area contributed by atoms with Gasteiger partial charge in [-0.1, -0.05) is 18.2 Å². The lowest BCUT2D eigenvalue weighted by molar-refractivity contribution is -0.137. The Hall–Kier alpha value is -2.90. The van der Waals surface area contributed by atoms with Crippen LogP contribution in [-0.4, -0.2) is 50.2 Å². The summed E-state index contributed by atoms with van der Waals surface area (Å²) in [6.45, 7) is 0. The molecule has 1 aromatic carbocycles. The molecule has 1 saturated heterocycles. The molecule has 2 unspecified atom stereocenters. The summed E-state index contributed by atoms with van der Waals surface area (Å²) in [4.78, 5) is 14.0. The van der Waals surface area contributed by atoms with Crippen LogP contribution in [0.15, 0.2) is 47.6 Å². The summed E-state index contributed by atoms with van der Waals surface area (Å²) in [6, 6.07) is 8.25. The number of hydrogen-bond acceptors (Lipinski definition) is 4. The molecule has 6 nitrogen and oxygen atoms in total. The highest BCUT2D eigenvalue weighted by Gasteiger charge is 2.60. The molecule has 4 rings (SSSR count). The van der Waals surface area contributed by atoms with Gasteiger partial charge >= 0.3 is 12.1 Å². The van der Waals surface area contributed by atoms with Crippen LogP contribution in [0, 0.1) is 11.3 Å². The van der Waals surface area contributed by atoms with Crippen molar-refractivity contribution in [3.05, 3.63) is 53.1 Å². The normalized spacial score (nSPS) is 23.9. The van der Waals surface area contributed by atoms with E-state index < -0.39 is 47.5 Å². The summed E-state index contributed by atoms with van der Waals surface area (Å²) in [5.41, 5.74) is -0.346. The predicted octanol–water partition coefficient (Wildman–Crippen LogP) is 4.45. The standard InChI is InChI=1S/C24H24F3N3O3S/c25-24(26,27)19-13-18(10-7-16(19)14-28)29-21(33)23(11-2-12-23)30(22(29)34)17-8-5-15(6-9-17)3-1-4-20(31)32/h5-10,18,21,33H,1-4,11-13H2,(H,31,32). The van der Waals surface area contributed by atoms with Gasteiger partial charge in [-0.25, -0.2) is 0 Å². The molecule has 0 aromatic heterocycles. The fourth-order valence-corrected chi connectivity index (χ4v) is 5.53. The Bertz CT molecular complexity index is 1090. The largest absolute Gasteiger partial charge is 0.481 e. The number of aliphatic hydroxyl groups excluding tert-OH is 1. The number of thiocarbonyl (C=S) groups is 1. The summed E-state index contributed by atoms with van der Waals surface area (Å²) in [5.74, 6) is -0.845. The fourth-order valence-electron chi connectivity index (χ4n) is 5.01. The highest BCUT2D eigenvalue weighted by atomic mass is 32.1. The van der Waals surface area contributed by atoms with Crippen molar-refractivity contribution >= 4 is 29.0 Å².